The van der Waals surface area contributed by atoms with E-state index in [9.17, 15) is 13.2 Å². The van der Waals surface area contributed by atoms with Crippen LogP contribution in [0.4, 0.5) is 13.2 Å². The van der Waals surface area contributed by atoms with Crippen LogP contribution in [0.25, 0.3) is 12.4 Å². The SMILES string of the molecule is C=c1sc(CC(F)(F)F)c/c1=C(/N=CC)N(C)C1CCC(N)C1. The van der Waals surface area contributed by atoms with Crippen molar-refractivity contribution in [3.05, 3.63) is 20.7 Å². The molecule has 0 spiro atoms. The van der Waals surface area contributed by atoms with Crippen LogP contribution in [0, 0.1) is 0 Å². The first-order valence-corrected chi connectivity index (χ1v) is 8.38. The number of halogens is 3. The van der Waals surface area contributed by atoms with Gasteiger partial charge in [-0.05, 0) is 32.3 Å². The van der Waals surface area contributed by atoms with E-state index in [1.807, 2.05) is 11.9 Å². The first-order valence-electron chi connectivity index (χ1n) is 7.57. The molecule has 23 heavy (non-hydrogen) atoms. The Hall–Kier alpha value is -1.34. The first kappa shape index (κ1) is 18.0. The highest BCUT2D eigenvalue weighted by atomic mass is 32.1. The number of nitrogens with zero attached hydrogens (tertiary/aromatic N) is 2. The Labute approximate surface area is 138 Å². The van der Waals surface area contributed by atoms with Crippen molar-refractivity contribution in [3.8, 4) is 0 Å². The Bertz CT molecular complexity index is 678. The summed E-state index contributed by atoms with van der Waals surface area (Å²) in [5.41, 5.74) is 5.97. The van der Waals surface area contributed by atoms with Crippen LogP contribution in [0.3, 0.4) is 0 Å². The van der Waals surface area contributed by atoms with Gasteiger partial charge in [0.1, 0.15) is 5.82 Å². The van der Waals surface area contributed by atoms with E-state index < -0.39 is 12.6 Å². The monoisotopic (exact) mass is 345 g/mol. The molecule has 1 heterocycles. The van der Waals surface area contributed by atoms with Gasteiger partial charge in [0.15, 0.2) is 0 Å². The molecular weight excluding hydrogens is 323 g/mol. The predicted octanol–water partition coefficient (Wildman–Crippen LogP) is 2.23. The third-order valence-corrected chi connectivity index (χ3v) is 5.04. The minimum absolute atomic E-state index is 0.178. The molecule has 1 saturated carbocycles. The van der Waals surface area contributed by atoms with Gasteiger partial charge in [-0.2, -0.15) is 13.2 Å². The van der Waals surface area contributed by atoms with Crippen LogP contribution in [0.5, 0.6) is 0 Å². The lowest BCUT2D eigenvalue weighted by molar-refractivity contribution is -0.126. The van der Waals surface area contributed by atoms with Crippen LogP contribution >= 0.6 is 11.3 Å². The molecule has 1 fully saturated rings. The van der Waals surface area contributed by atoms with E-state index in [-0.39, 0.29) is 17.0 Å². The van der Waals surface area contributed by atoms with E-state index in [0.29, 0.717) is 15.6 Å². The van der Waals surface area contributed by atoms with E-state index in [2.05, 4.69) is 11.6 Å². The largest absolute Gasteiger partial charge is 0.393 e. The fourth-order valence-corrected chi connectivity index (χ4v) is 3.94. The molecule has 2 rings (SSSR count). The zero-order chi connectivity index (χ0) is 17.2. The maximum Gasteiger partial charge on any atom is 0.393 e. The standard InChI is InChI=1S/C16H22F3N3S/c1-4-21-15(22(3)12-6-5-11(20)7-12)14-8-13(23-10(14)2)9-16(17,18)19/h4,8,11-12H,2,5-7,9,20H2,1,3H3/b15-14+,21-4?. The fourth-order valence-electron chi connectivity index (χ4n) is 2.95. The molecule has 2 N–H and O–H groups in total. The van der Waals surface area contributed by atoms with E-state index in [1.165, 1.54) is 0 Å². The van der Waals surface area contributed by atoms with Crippen molar-refractivity contribution in [2.45, 2.75) is 50.9 Å². The molecule has 1 aromatic heterocycles. The van der Waals surface area contributed by atoms with Crippen LogP contribution in [0.2, 0.25) is 0 Å². The Morgan fingerprint density at radius 2 is 2.22 bits per heavy atom. The van der Waals surface area contributed by atoms with Gasteiger partial charge in [-0.25, -0.2) is 4.99 Å². The lowest BCUT2D eigenvalue weighted by Crippen LogP contribution is -2.35. The van der Waals surface area contributed by atoms with Gasteiger partial charge < -0.3 is 10.6 Å². The average Bonchev–Trinajstić information content (AvgIpc) is 3.00. The van der Waals surface area contributed by atoms with Crippen LogP contribution in [-0.2, 0) is 6.42 Å². The molecule has 7 heteroatoms. The maximum atomic E-state index is 12.6. The van der Waals surface area contributed by atoms with Gasteiger partial charge in [-0.3, -0.25) is 0 Å². The number of thiophene rings is 1. The fraction of sp³-hybridized carbons (Fsp3) is 0.562. The van der Waals surface area contributed by atoms with Crippen molar-refractivity contribution >= 4 is 30.0 Å². The van der Waals surface area contributed by atoms with Gasteiger partial charge in [-0.15, -0.1) is 11.3 Å². The molecule has 0 aromatic carbocycles. The van der Waals surface area contributed by atoms with Gasteiger partial charge in [0.25, 0.3) is 0 Å². The topological polar surface area (TPSA) is 41.6 Å². The highest BCUT2D eigenvalue weighted by Crippen LogP contribution is 2.25. The minimum Gasteiger partial charge on any atom is -0.356 e. The lowest BCUT2D eigenvalue weighted by Gasteiger charge is -2.26. The summed E-state index contributed by atoms with van der Waals surface area (Å²) >= 11 is 1.08. The Morgan fingerprint density at radius 3 is 2.74 bits per heavy atom. The molecule has 0 radical (unpaired) electrons. The van der Waals surface area contributed by atoms with Crippen molar-refractivity contribution in [2.24, 2.45) is 10.7 Å². The maximum absolute atomic E-state index is 12.6. The Kier molecular flexibility index (Phi) is 5.52. The summed E-state index contributed by atoms with van der Waals surface area (Å²) in [7, 11) is 1.92. The molecule has 2 unspecified atom stereocenters. The zero-order valence-corrected chi connectivity index (χ0v) is 14.2. The first-order chi connectivity index (χ1) is 10.7. The number of hydrogen-bond donors (Lipinski definition) is 1. The van der Waals surface area contributed by atoms with Crippen molar-refractivity contribution in [1.82, 2.24) is 4.90 Å². The summed E-state index contributed by atoms with van der Waals surface area (Å²) in [6.45, 7) is 5.70. The van der Waals surface area contributed by atoms with E-state index in [4.69, 9.17) is 5.73 Å². The summed E-state index contributed by atoms with van der Waals surface area (Å²) in [5, 5.41) is 0.676. The van der Waals surface area contributed by atoms with Crippen LogP contribution in [-0.4, -0.2) is 36.4 Å². The summed E-state index contributed by atoms with van der Waals surface area (Å²) in [5.74, 6) is 0.668. The van der Waals surface area contributed by atoms with Gasteiger partial charge in [-0.1, -0.05) is 6.58 Å². The molecule has 3 nitrogen and oxygen atoms in total. The number of nitrogens with two attached hydrogens (primary N) is 1. The molecule has 0 saturated heterocycles. The molecule has 0 amide bonds. The normalized spacial score (nSPS) is 23.6. The van der Waals surface area contributed by atoms with Crippen molar-refractivity contribution in [2.75, 3.05) is 7.05 Å². The van der Waals surface area contributed by atoms with Crippen molar-refractivity contribution < 1.29 is 13.2 Å². The van der Waals surface area contributed by atoms with Crippen LogP contribution in [0.15, 0.2) is 11.1 Å². The van der Waals surface area contributed by atoms with E-state index in [0.717, 1.165) is 30.6 Å². The van der Waals surface area contributed by atoms with Gasteiger partial charge in [0.05, 0.1) is 6.42 Å². The number of aliphatic imine (C=N–C) groups is 1. The van der Waals surface area contributed by atoms with Crippen LogP contribution in [0.1, 0.15) is 31.1 Å². The smallest absolute Gasteiger partial charge is 0.356 e. The quantitative estimate of drug-likeness (QED) is 0.851. The summed E-state index contributed by atoms with van der Waals surface area (Å²) in [6, 6.07) is 2.00. The predicted molar refractivity (Wildman–Crippen MR) is 89.8 cm³/mol. The molecule has 2 atom stereocenters. The van der Waals surface area contributed by atoms with Gasteiger partial charge in [0, 0.05) is 40.0 Å². The molecule has 128 valence electrons. The van der Waals surface area contributed by atoms with Gasteiger partial charge in [0.2, 0.25) is 0 Å². The Morgan fingerprint density at radius 1 is 1.52 bits per heavy atom. The van der Waals surface area contributed by atoms with Crippen LogP contribution < -0.4 is 15.5 Å². The number of rotatable bonds is 4. The number of hydrogen-bond acceptors (Lipinski definition) is 4. The summed E-state index contributed by atoms with van der Waals surface area (Å²) < 4.78 is 38.4. The lowest BCUT2D eigenvalue weighted by atomic mass is 10.2. The molecular formula is C16H22F3N3S. The second-order valence-electron chi connectivity index (χ2n) is 5.89. The van der Waals surface area contributed by atoms with E-state index in [1.54, 1.807) is 19.2 Å². The molecule has 1 aliphatic carbocycles. The van der Waals surface area contributed by atoms with Crippen molar-refractivity contribution in [1.29, 1.82) is 0 Å². The highest BCUT2D eigenvalue weighted by Gasteiger charge is 2.29. The molecule has 1 aromatic rings. The Balaban J connectivity index is 2.42. The summed E-state index contributed by atoms with van der Waals surface area (Å²) in [4.78, 5) is 6.69. The third kappa shape index (κ3) is 4.57. The minimum atomic E-state index is -4.22. The second-order valence-corrected chi connectivity index (χ2v) is 7.11. The average molecular weight is 345 g/mol. The van der Waals surface area contributed by atoms with E-state index >= 15 is 0 Å². The third-order valence-electron chi connectivity index (χ3n) is 4.05. The van der Waals surface area contributed by atoms with Crippen molar-refractivity contribution in [3.63, 3.8) is 0 Å². The number of alkyl halides is 3. The zero-order valence-electron chi connectivity index (χ0n) is 13.4. The molecule has 0 bridgehead atoms. The molecule has 0 aliphatic heterocycles. The highest BCUT2D eigenvalue weighted by molar-refractivity contribution is 7.09. The second kappa shape index (κ2) is 7.05. The summed E-state index contributed by atoms with van der Waals surface area (Å²) in [6.07, 6.45) is -0.703. The van der Waals surface area contributed by atoms with Gasteiger partial charge >= 0.3 is 6.18 Å². The molecule has 1 aliphatic rings.